The third-order valence-electron chi connectivity index (χ3n) is 6.81. The van der Waals surface area contributed by atoms with Crippen LogP contribution in [0.5, 0.6) is 5.75 Å². The van der Waals surface area contributed by atoms with Gasteiger partial charge in [-0.25, -0.2) is 4.98 Å². The number of carbonyl (C=O) groups excluding carboxylic acids is 2. The summed E-state index contributed by atoms with van der Waals surface area (Å²) in [6, 6.07) is 19.0. The van der Waals surface area contributed by atoms with Gasteiger partial charge in [-0.2, -0.15) is 5.26 Å². The van der Waals surface area contributed by atoms with Crippen LogP contribution in [0.2, 0.25) is 0 Å². The van der Waals surface area contributed by atoms with Gasteiger partial charge in [0, 0.05) is 59.0 Å². The van der Waals surface area contributed by atoms with E-state index in [0.29, 0.717) is 35.5 Å². The fraction of sp³-hybridized carbons (Fsp3) is 0.242. The van der Waals surface area contributed by atoms with E-state index in [9.17, 15) is 14.9 Å². The molecule has 0 saturated heterocycles. The molecule has 2 aromatic heterocycles. The molecule has 0 spiro atoms. The Labute approximate surface area is 249 Å². The first-order valence-corrected chi connectivity index (χ1v) is 13.7. The minimum atomic E-state index is -0.253. The lowest BCUT2D eigenvalue weighted by Crippen LogP contribution is -2.19. The predicted octanol–water partition coefficient (Wildman–Crippen LogP) is 5.56. The number of hydrogen-bond donors (Lipinski definition) is 0. The van der Waals surface area contributed by atoms with Gasteiger partial charge in [0.25, 0.3) is 0 Å². The lowest BCUT2D eigenvalue weighted by Gasteiger charge is -2.15. The van der Waals surface area contributed by atoms with E-state index in [1.165, 1.54) is 18.0 Å². The molecule has 10 nitrogen and oxygen atoms in total. The molecular weight excluding hydrogens is 546 g/mol. The van der Waals surface area contributed by atoms with Gasteiger partial charge in [-0.15, -0.1) is 0 Å². The minimum Gasteiger partial charge on any atom is -0.488 e. The molecule has 43 heavy (non-hydrogen) atoms. The van der Waals surface area contributed by atoms with Crippen molar-refractivity contribution in [3.63, 3.8) is 0 Å². The van der Waals surface area contributed by atoms with Gasteiger partial charge in [0.2, 0.25) is 12.2 Å². The molecule has 0 amide bonds. The third-order valence-corrected chi connectivity index (χ3v) is 6.81. The highest BCUT2D eigenvalue weighted by atomic mass is 16.6. The van der Waals surface area contributed by atoms with E-state index in [1.54, 1.807) is 19.5 Å². The summed E-state index contributed by atoms with van der Waals surface area (Å²) in [4.78, 5) is 32.2. The topological polar surface area (TPSA) is 121 Å². The Morgan fingerprint density at radius 1 is 1.09 bits per heavy atom. The molecule has 0 fully saturated rings. The molecule has 0 aliphatic carbocycles. The fourth-order valence-corrected chi connectivity index (χ4v) is 4.90. The average molecular weight is 580 g/mol. The summed E-state index contributed by atoms with van der Waals surface area (Å²) in [6.45, 7) is 7.16. The van der Waals surface area contributed by atoms with Gasteiger partial charge in [-0.05, 0) is 80.9 Å². The maximum Gasteiger partial charge on any atom is 0.218 e. The van der Waals surface area contributed by atoms with Crippen molar-refractivity contribution < 1.29 is 23.9 Å². The quantitative estimate of drug-likeness (QED) is 0.0919. The van der Waals surface area contributed by atoms with Crippen LogP contribution in [0, 0.1) is 18.3 Å². The second kappa shape index (κ2) is 14.1. The van der Waals surface area contributed by atoms with Crippen LogP contribution in [-0.4, -0.2) is 59.0 Å². The summed E-state index contributed by atoms with van der Waals surface area (Å²) >= 11 is 0. The first kappa shape index (κ1) is 30.7. The number of ether oxygens (including phenoxy) is 2. The maximum absolute atomic E-state index is 13.7. The van der Waals surface area contributed by atoms with Crippen LogP contribution in [0.3, 0.4) is 0 Å². The standard InChI is InChI=1S/C29H29N3O4.C4H4N2O/c1-6-32-26-11-7-20(16-30)14-24(26)25-15-21(8-12-27(25)32)29(33)28(31-35-5)23-10-9-22(13-18(23)2)36-19(3)17-34-4;7-4-6-2-1-5-3-6/h7-15,19H,6,17H2,1-5H3;1-4H/b31-28+;. The molecule has 5 aromatic rings. The zero-order valence-electron chi connectivity index (χ0n) is 24.8. The van der Waals surface area contributed by atoms with Crippen LogP contribution in [0.15, 0.2) is 78.5 Å². The number of rotatable bonds is 10. The monoisotopic (exact) mass is 579 g/mol. The molecule has 1 atom stereocenters. The van der Waals surface area contributed by atoms with Crippen molar-refractivity contribution >= 4 is 39.7 Å². The highest BCUT2D eigenvalue weighted by Crippen LogP contribution is 2.31. The Kier molecular flexibility index (Phi) is 10.0. The zero-order chi connectivity index (χ0) is 30.9. The summed E-state index contributed by atoms with van der Waals surface area (Å²) < 4.78 is 14.5. The number of imidazole rings is 1. The van der Waals surface area contributed by atoms with Gasteiger partial charge >= 0.3 is 0 Å². The van der Waals surface area contributed by atoms with Crippen molar-refractivity contribution in [3.8, 4) is 11.8 Å². The van der Waals surface area contributed by atoms with Crippen molar-refractivity contribution in [2.45, 2.75) is 33.4 Å². The number of methoxy groups -OCH3 is 1. The minimum absolute atomic E-state index is 0.104. The molecule has 0 aliphatic heterocycles. The molecular formula is C33H33N5O5. The number of Topliss-reactive ketones (excluding diaryl/α,β-unsaturated/α-hetero) is 1. The molecule has 10 heteroatoms. The van der Waals surface area contributed by atoms with Gasteiger partial charge in [0.1, 0.15) is 25.3 Å². The zero-order valence-corrected chi connectivity index (χ0v) is 24.8. The van der Waals surface area contributed by atoms with E-state index in [1.807, 2.05) is 68.4 Å². The van der Waals surface area contributed by atoms with Crippen LogP contribution in [0.25, 0.3) is 21.8 Å². The summed E-state index contributed by atoms with van der Waals surface area (Å²) in [5, 5.41) is 15.4. The maximum atomic E-state index is 13.7. The lowest BCUT2D eigenvalue weighted by molar-refractivity contribution is 0.0920. The number of aryl methyl sites for hydroxylation is 2. The second-order valence-corrected chi connectivity index (χ2v) is 9.75. The van der Waals surface area contributed by atoms with Crippen molar-refractivity contribution in [3.05, 3.63) is 95.6 Å². The van der Waals surface area contributed by atoms with E-state index in [0.717, 1.165) is 33.9 Å². The smallest absolute Gasteiger partial charge is 0.218 e. The Morgan fingerprint density at radius 3 is 2.42 bits per heavy atom. The largest absolute Gasteiger partial charge is 0.488 e. The van der Waals surface area contributed by atoms with Gasteiger partial charge in [-0.1, -0.05) is 5.16 Å². The molecule has 220 valence electrons. The summed E-state index contributed by atoms with van der Waals surface area (Å²) in [5.41, 5.74) is 4.81. The number of nitrogens with zero attached hydrogens (tertiary/aromatic N) is 5. The number of nitriles is 1. The number of hydrogen-bond acceptors (Lipinski definition) is 8. The molecule has 5 rings (SSSR count). The first-order chi connectivity index (χ1) is 20.8. The molecule has 1 unspecified atom stereocenters. The number of benzene rings is 3. The molecule has 0 bridgehead atoms. The van der Waals surface area contributed by atoms with Crippen molar-refractivity contribution in [1.29, 1.82) is 5.26 Å². The Bertz CT molecular complexity index is 1820. The molecule has 0 saturated carbocycles. The van der Waals surface area contributed by atoms with Crippen LogP contribution >= 0.6 is 0 Å². The lowest BCUT2D eigenvalue weighted by atomic mass is 9.96. The van der Waals surface area contributed by atoms with E-state index >= 15 is 0 Å². The van der Waals surface area contributed by atoms with Crippen molar-refractivity contribution in [2.24, 2.45) is 5.16 Å². The molecule has 0 aliphatic rings. The van der Waals surface area contributed by atoms with E-state index in [4.69, 9.17) is 14.3 Å². The van der Waals surface area contributed by atoms with Gasteiger partial charge < -0.3 is 18.9 Å². The van der Waals surface area contributed by atoms with Crippen molar-refractivity contribution in [2.75, 3.05) is 20.8 Å². The third kappa shape index (κ3) is 6.80. The molecule has 0 radical (unpaired) electrons. The molecule has 3 aromatic carbocycles. The van der Waals surface area contributed by atoms with Gasteiger partial charge in [-0.3, -0.25) is 14.2 Å². The highest BCUT2D eigenvalue weighted by molar-refractivity contribution is 6.51. The summed E-state index contributed by atoms with van der Waals surface area (Å²) in [6.07, 6.45) is 5.15. The average Bonchev–Trinajstić information content (AvgIpc) is 3.66. The van der Waals surface area contributed by atoms with E-state index in [2.05, 4.69) is 27.7 Å². The number of carbonyl (C=O) groups is 2. The van der Waals surface area contributed by atoms with Crippen LogP contribution in [0.1, 0.15) is 40.9 Å². The van der Waals surface area contributed by atoms with Crippen molar-refractivity contribution in [1.82, 2.24) is 14.1 Å². The number of ketones is 1. The Balaban J connectivity index is 0.000000530. The number of aromatic nitrogens is 3. The van der Waals surface area contributed by atoms with Crippen LogP contribution in [-0.2, 0) is 20.9 Å². The SMILES string of the molecule is CCn1c2ccc(C#N)cc2c2cc(C(=O)/C(=N/OC)c3ccc(OC(C)COC)cc3C)ccc21.O=Cn1ccnc1. The number of oxime groups is 1. The first-order valence-electron chi connectivity index (χ1n) is 13.7. The summed E-state index contributed by atoms with van der Waals surface area (Å²) in [7, 11) is 3.06. The number of fused-ring (bicyclic) bond motifs is 3. The highest BCUT2D eigenvalue weighted by Gasteiger charge is 2.22. The Morgan fingerprint density at radius 2 is 1.84 bits per heavy atom. The Hall–Kier alpha value is -5.27. The normalized spacial score (nSPS) is 11.9. The fourth-order valence-electron chi connectivity index (χ4n) is 4.90. The predicted molar refractivity (Wildman–Crippen MR) is 165 cm³/mol. The van der Waals surface area contributed by atoms with Gasteiger partial charge in [0.05, 0.1) is 18.2 Å². The molecule has 0 N–H and O–H groups in total. The molecule has 2 heterocycles. The van der Waals surface area contributed by atoms with Gasteiger partial charge in [0.15, 0.2) is 5.71 Å². The van der Waals surface area contributed by atoms with Crippen LogP contribution in [0.4, 0.5) is 0 Å². The summed E-state index contributed by atoms with van der Waals surface area (Å²) in [5.74, 6) is 0.434. The van der Waals surface area contributed by atoms with Crippen LogP contribution < -0.4 is 4.74 Å². The van der Waals surface area contributed by atoms with E-state index < -0.39 is 0 Å². The second-order valence-electron chi connectivity index (χ2n) is 9.75. The van der Waals surface area contributed by atoms with E-state index in [-0.39, 0.29) is 17.6 Å².